The van der Waals surface area contributed by atoms with E-state index < -0.39 is 73.0 Å². The molecule has 19 heteroatoms. The van der Waals surface area contributed by atoms with E-state index in [1.807, 2.05) is 21.0 Å². The Balaban J connectivity index is 0.855. The summed E-state index contributed by atoms with van der Waals surface area (Å²) >= 11 is 0. The standard InChI is InChI=1S/C53H65N7O12/c1-5-39-43(62)46(49(69-39)60-34-57-42-47(58-33-59(3)4)55-32-56-48(42)60)66-29-19-7-6-18-28-54-41(61)27-17-20-30-67-53-35(2)44(71-51(64)37-23-13-9-14-24-37)45(72-52(65)38-25-15-10-16-26-38)40(70-53)31-68-50(63)36-21-11-8-12-22-36/h8-16,21-26,32-35,39-40,43-46,49,53,62H,5-7,17-20,27-31H2,1-4H3,(H,54,61)/t35-,39-,40-,43?,44-,45+,46+,49-,53-/m1/s1. The molecule has 1 unspecified atom stereocenters. The summed E-state index contributed by atoms with van der Waals surface area (Å²) in [5, 5.41) is 14.1. The molecule has 2 aliphatic rings. The molecule has 2 aliphatic heterocycles. The first kappa shape index (κ1) is 53.2. The van der Waals surface area contributed by atoms with Gasteiger partial charge in [0.25, 0.3) is 0 Å². The van der Waals surface area contributed by atoms with Crippen molar-refractivity contribution in [1.82, 2.24) is 29.7 Å². The highest BCUT2D eigenvalue weighted by atomic mass is 16.7. The number of hydrogen-bond donors (Lipinski definition) is 2. The lowest BCUT2D eigenvalue weighted by Gasteiger charge is -2.44. The Kier molecular flexibility index (Phi) is 19.7. The van der Waals surface area contributed by atoms with Crippen molar-refractivity contribution < 1.29 is 57.4 Å². The third-order valence-electron chi connectivity index (χ3n) is 12.4. The zero-order chi connectivity index (χ0) is 50.8. The van der Waals surface area contributed by atoms with E-state index in [2.05, 4.69) is 25.3 Å². The second-order valence-corrected chi connectivity index (χ2v) is 18.0. The summed E-state index contributed by atoms with van der Waals surface area (Å²) in [5.41, 5.74) is 1.95. The smallest absolute Gasteiger partial charge is 0.338 e. The van der Waals surface area contributed by atoms with Crippen molar-refractivity contribution >= 4 is 47.1 Å². The minimum Gasteiger partial charge on any atom is -0.459 e. The van der Waals surface area contributed by atoms with E-state index in [9.17, 15) is 24.3 Å². The number of aromatic nitrogens is 4. The van der Waals surface area contributed by atoms with E-state index in [-0.39, 0.29) is 24.7 Å². The van der Waals surface area contributed by atoms with Gasteiger partial charge in [0.15, 0.2) is 35.6 Å². The van der Waals surface area contributed by atoms with Crippen LogP contribution in [0.25, 0.3) is 11.2 Å². The zero-order valence-corrected chi connectivity index (χ0v) is 41.2. The number of imidazole rings is 1. The minimum absolute atomic E-state index is 0.0717. The van der Waals surface area contributed by atoms with E-state index in [4.69, 9.17) is 33.2 Å². The number of nitrogens with zero attached hydrogens (tertiary/aromatic N) is 6. The van der Waals surface area contributed by atoms with Gasteiger partial charge < -0.3 is 48.5 Å². The van der Waals surface area contributed by atoms with Crippen LogP contribution in [0.2, 0.25) is 0 Å². The number of nitrogens with one attached hydrogen (secondary N) is 1. The SMILES string of the molecule is CC[C@H]1O[C@@H](n2cnc3c(N=CN(C)C)ncnc32)[C@@H](OCCCCCCNC(=O)CCCCO[C@@H]2O[C@H](COC(=O)c3ccccc3)[C@H](OC(=O)c3ccccc3)[C@H](OC(=O)c3ccccc3)[C@H]2C)C1O. The van der Waals surface area contributed by atoms with Gasteiger partial charge in [-0.15, -0.1) is 0 Å². The highest BCUT2D eigenvalue weighted by molar-refractivity contribution is 5.91. The predicted octanol–water partition coefficient (Wildman–Crippen LogP) is 6.63. The van der Waals surface area contributed by atoms with E-state index in [1.54, 1.807) is 120 Å². The first-order valence-electron chi connectivity index (χ1n) is 24.6. The van der Waals surface area contributed by atoms with Crippen LogP contribution in [0.4, 0.5) is 5.82 Å². The number of carbonyl (C=O) groups is 4. The third-order valence-corrected chi connectivity index (χ3v) is 12.4. The largest absolute Gasteiger partial charge is 0.459 e. The van der Waals surface area contributed by atoms with Gasteiger partial charge in [-0.2, -0.15) is 0 Å². The quantitative estimate of drug-likeness (QED) is 0.0206. The van der Waals surface area contributed by atoms with Gasteiger partial charge in [-0.25, -0.2) is 34.3 Å². The number of aliphatic hydroxyl groups excluding tert-OH is 1. The van der Waals surface area contributed by atoms with Crippen molar-refractivity contribution in [2.75, 3.05) is 40.5 Å². The van der Waals surface area contributed by atoms with Crippen LogP contribution in [0.1, 0.15) is 103 Å². The highest BCUT2D eigenvalue weighted by Gasteiger charge is 2.50. The molecule has 0 spiro atoms. The number of fused-ring (bicyclic) bond motifs is 1. The first-order valence-corrected chi connectivity index (χ1v) is 24.6. The summed E-state index contributed by atoms with van der Waals surface area (Å²) in [7, 11) is 3.73. The molecule has 0 saturated carbocycles. The fourth-order valence-electron chi connectivity index (χ4n) is 8.48. The Morgan fingerprint density at radius 3 is 2.00 bits per heavy atom. The molecule has 2 fully saturated rings. The van der Waals surface area contributed by atoms with E-state index in [1.165, 1.54) is 6.33 Å². The van der Waals surface area contributed by atoms with E-state index >= 15 is 0 Å². The maximum Gasteiger partial charge on any atom is 0.338 e. The molecule has 0 bridgehead atoms. The number of benzene rings is 3. The summed E-state index contributed by atoms with van der Waals surface area (Å²) in [6.45, 7) is 4.55. The summed E-state index contributed by atoms with van der Waals surface area (Å²) in [6.07, 6.45) is 3.17. The molecule has 2 aromatic heterocycles. The maximum atomic E-state index is 13.5. The van der Waals surface area contributed by atoms with Gasteiger partial charge in [-0.05, 0) is 68.5 Å². The Labute approximate surface area is 419 Å². The number of carbonyl (C=O) groups excluding carboxylic acids is 4. The highest BCUT2D eigenvalue weighted by Crippen LogP contribution is 2.36. The van der Waals surface area contributed by atoms with Crippen LogP contribution < -0.4 is 5.32 Å². The van der Waals surface area contributed by atoms with Gasteiger partial charge in [0.1, 0.15) is 37.4 Å². The van der Waals surface area contributed by atoms with Crippen LogP contribution in [-0.2, 0) is 38.0 Å². The molecule has 72 heavy (non-hydrogen) atoms. The molecular weight excluding hydrogens is 927 g/mol. The number of unbranched alkanes of at least 4 members (excludes halogenated alkanes) is 4. The lowest BCUT2D eigenvalue weighted by atomic mass is 9.91. The summed E-state index contributed by atoms with van der Waals surface area (Å²) in [5.74, 6) is -2.21. The fourth-order valence-corrected chi connectivity index (χ4v) is 8.48. The lowest BCUT2D eigenvalue weighted by Crippen LogP contribution is -2.58. The van der Waals surface area contributed by atoms with E-state index in [0.717, 1.165) is 25.7 Å². The van der Waals surface area contributed by atoms with Crippen LogP contribution in [-0.4, -0.2) is 143 Å². The molecule has 0 aliphatic carbocycles. The van der Waals surface area contributed by atoms with Gasteiger partial charge in [-0.1, -0.05) is 81.3 Å². The van der Waals surface area contributed by atoms with Gasteiger partial charge in [0.2, 0.25) is 5.91 Å². The molecular formula is C53H65N7O12. The van der Waals surface area contributed by atoms with E-state index in [0.29, 0.717) is 66.9 Å². The Morgan fingerprint density at radius 1 is 0.736 bits per heavy atom. The minimum atomic E-state index is -1.18. The Morgan fingerprint density at radius 2 is 1.35 bits per heavy atom. The predicted molar refractivity (Wildman–Crippen MR) is 264 cm³/mol. The van der Waals surface area contributed by atoms with Crippen molar-refractivity contribution in [3.63, 3.8) is 0 Å². The molecule has 1 amide bonds. The van der Waals surface area contributed by atoms with Crippen molar-refractivity contribution in [1.29, 1.82) is 0 Å². The first-order chi connectivity index (χ1) is 35.0. The summed E-state index contributed by atoms with van der Waals surface area (Å²) in [6, 6.07) is 25.3. The van der Waals surface area contributed by atoms with Gasteiger partial charge in [-0.3, -0.25) is 9.36 Å². The second-order valence-electron chi connectivity index (χ2n) is 18.0. The van der Waals surface area contributed by atoms with Gasteiger partial charge >= 0.3 is 17.9 Å². The number of hydrogen-bond acceptors (Lipinski definition) is 16. The summed E-state index contributed by atoms with van der Waals surface area (Å²) < 4.78 is 44.7. The number of amides is 1. The number of aliphatic hydroxyl groups is 1. The zero-order valence-electron chi connectivity index (χ0n) is 41.2. The van der Waals surface area contributed by atoms with Crippen molar-refractivity contribution in [2.24, 2.45) is 10.9 Å². The molecule has 9 atom stereocenters. The van der Waals surface area contributed by atoms with Crippen LogP contribution in [0.15, 0.2) is 109 Å². The van der Waals surface area contributed by atoms with Crippen LogP contribution >= 0.6 is 0 Å². The topological polar surface area (TPSA) is 224 Å². The second kappa shape index (κ2) is 26.7. The molecule has 3 aromatic carbocycles. The molecule has 0 radical (unpaired) electrons. The molecule has 5 aromatic rings. The number of esters is 3. The number of aliphatic imine (C=N–C) groups is 1. The molecule has 2 N–H and O–H groups in total. The van der Waals surface area contributed by atoms with Crippen molar-refractivity contribution in [2.45, 2.75) is 114 Å². The van der Waals surface area contributed by atoms with Crippen LogP contribution in [0, 0.1) is 5.92 Å². The van der Waals surface area contributed by atoms with Crippen molar-refractivity contribution in [3.05, 3.63) is 120 Å². The lowest BCUT2D eigenvalue weighted by molar-refractivity contribution is -0.281. The molecule has 19 nitrogen and oxygen atoms in total. The summed E-state index contributed by atoms with van der Waals surface area (Å²) in [4.78, 5) is 72.3. The Bertz CT molecular complexity index is 2530. The van der Waals surface area contributed by atoms with Crippen LogP contribution in [0.5, 0.6) is 0 Å². The Hall–Kier alpha value is -6.64. The number of ether oxygens (including phenoxy) is 7. The van der Waals surface area contributed by atoms with Gasteiger partial charge in [0.05, 0.1) is 35.5 Å². The number of rotatable bonds is 25. The molecule has 384 valence electrons. The molecule has 7 rings (SSSR count). The van der Waals surface area contributed by atoms with Crippen molar-refractivity contribution in [3.8, 4) is 0 Å². The third kappa shape index (κ3) is 14.3. The maximum absolute atomic E-state index is 13.5. The average Bonchev–Trinajstić information content (AvgIpc) is 3.98. The molecule has 4 heterocycles. The normalized spacial score (nSPS) is 22.9. The fraction of sp³-hybridized carbons (Fsp3) is 0.472. The van der Waals surface area contributed by atoms with Crippen LogP contribution in [0.3, 0.4) is 0 Å². The average molecular weight is 992 g/mol. The monoisotopic (exact) mass is 991 g/mol. The van der Waals surface area contributed by atoms with Gasteiger partial charge in [0, 0.05) is 46.2 Å². The molecule has 2 saturated heterocycles.